The minimum absolute atomic E-state index is 0.156. The van der Waals surface area contributed by atoms with Crippen molar-refractivity contribution in [3.63, 3.8) is 0 Å². The lowest BCUT2D eigenvalue weighted by molar-refractivity contribution is 0.0999. The van der Waals surface area contributed by atoms with Crippen molar-refractivity contribution in [2.24, 2.45) is 5.73 Å². The summed E-state index contributed by atoms with van der Waals surface area (Å²) in [6.07, 6.45) is 0. The maximum atomic E-state index is 12.1. The van der Waals surface area contributed by atoms with Gasteiger partial charge in [0.05, 0.1) is 5.56 Å². The van der Waals surface area contributed by atoms with Crippen LogP contribution in [-0.4, -0.2) is 10.5 Å². The van der Waals surface area contributed by atoms with E-state index in [1.165, 1.54) is 16.7 Å². The average molecular weight is 395 g/mol. The lowest BCUT2D eigenvalue weighted by atomic mass is 9.91. The molecule has 1 aromatic heterocycles. The van der Waals surface area contributed by atoms with Crippen molar-refractivity contribution < 1.29 is 4.79 Å². The second kappa shape index (κ2) is 8.42. The highest BCUT2D eigenvalue weighted by molar-refractivity contribution is 5.95. The standard InChI is InChI=1S/C27H26N2O/c1-19-13-15-23(16-14-19)26-17-24(27(28)30)20(2)29(26)18-25(21-9-5-3-6-10-21)22-11-7-4-8-12-22/h3-17,25H,18H2,1-2H3,(H2,28,30). The Labute approximate surface area is 177 Å². The molecule has 30 heavy (non-hydrogen) atoms. The van der Waals surface area contributed by atoms with E-state index < -0.39 is 5.91 Å². The summed E-state index contributed by atoms with van der Waals surface area (Å²) in [5.41, 5.74) is 13.0. The lowest BCUT2D eigenvalue weighted by Gasteiger charge is -2.22. The van der Waals surface area contributed by atoms with Gasteiger partial charge in [-0.1, -0.05) is 90.5 Å². The van der Waals surface area contributed by atoms with Gasteiger partial charge in [-0.05, 0) is 36.6 Å². The first-order valence-corrected chi connectivity index (χ1v) is 10.2. The van der Waals surface area contributed by atoms with E-state index in [9.17, 15) is 4.79 Å². The van der Waals surface area contributed by atoms with Gasteiger partial charge in [0.25, 0.3) is 5.91 Å². The predicted octanol–water partition coefficient (Wildman–Crippen LogP) is 5.70. The van der Waals surface area contributed by atoms with Crippen molar-refractivity contribution in [1.82, 2.24) is 4.57 Å². The van der Waals surface area contributed by atoms with Crippen LogP contribution in [0.15, 0.2) is 91.0 Å². The van der Waals surface area contributed by atoms with E-state index in [4.69, 9.17) is 5.73 Å². The summed E-state index contributed by atoms with van der Waals surface area (Å²) in [5.74, 6) is -0.237. The van der Waals surface area contributed by atoms with Gasteiger partial charge in [-0.15, -0.1) is 0 Å². The van der Waals surface area contributed by atoms with Crippen LogP contribution >= 0.6 is 0 Å². The van der Waals surface area contributed by atoms with Crippen LogP contribution in [0.4, 0.5) is 0 Å². The van der Waals surface area contributed by atoms with Crippen molar-refractivity contribution in [1.29, 1.82) is 0 Å². The highest BCUT2D eigenvalue weighted by Gasteiger charge is 2.21. The maximum Gasteiger partial charge on any atom is 0.250 e. The monoisotopic (exact) mass is 394 g/mol. The number of hydrogen-bond donors (Lipinski definition) is 1. The van der Waals surface area contributed by atoms with Gasteiger partial charge in [-0.25, -0.2) is 0 Å². The summed E-state index contributed by atoms with van der Waals surface area (Å²) in [5, 5.41) is 0. The van der Waals surface area contributed by atoms with E-state index in [2.05, 4.69) is 84.3 Å². The Morgan fingerprint density at radius 1 is 0.833 bits per heavy atom. The van der Waals surface area contributed by atoms with Crippen molar-refractivity contribution in [3.8, 4) is 11.3 Å². The fourth-order valence-electron chi connectivity index (χ4n) is 4.05. The van der Waals surface area contributed by atoms with Crippen LogP contribution in [0.1, 0.15) is 38.7 Å². The Bertz CT molecular complexity index is 1100. The molecule has 0 aliphatic rings. The van der Waals surface area contributed by atoms with Gasteiger partial charge in [-0.3, -0.25) is 4.79 Å². The average Bonchev–Trinajstić information content (AvgIpc) is 3.10. The molecule has 0 atom stereocenters. The third-order valence-electron chi connectivity index (χ3n) is 5.75. The number of amides is 1. The number of nitrogens with zero attached hydrogens (tertiary/aromatic N) is 1. The molecule has 3 heteroatoms. The minimum atomic E-state index is -0.393. The zero-order valence-corrected chi connectivity index (χ0v) is 17.4. The van der Waals surface area contributed by atoms with Gasteiger partial charge in [0.2, 0.25) is 0 Å². The topological polar surface area (TPSA) is 48.0 Å². The minimum Gasteiger partial charge on any atom is -0.366 e. The number of benzene rings is 3. The van der Waals surface area contributed by atoms with E-state index in [0.717, 1.165) is 23.5 Å². The SMILES string of the molecule is Cc1ccc(-c2cc(C(N)=O)c(C)n2CC(c2ccccc2)c2ccccc2)cc1. The quantitative estimate of drug-likeness (QED) is 0.448. The number of aromatic nitrogens is 1. The third kappa shape index (κ3) is 3.92. The Balaban J connectivity index is 1.85. The van der Waals surface area contributed by atoms with E-state index in [1.54, 1.807) is 0 Å². The van der Waals surface area contributed by atoms with Crippen LogP contribution in [0.2, 0.25) is 0 Å². The van der Waals surface area contributed by atoms with Crippen LogP contribution < -0.4 is 5.73 Å². The van der Waals surface area contributed by atoms with Gasteiger partial charge in [0, 0.05) is 23.9 Å². The summed E-state index contributed by atoms with van der Waals surface area (Å²) < 4.78 is 2.23. The van der Waals surface area contributed by atoms with Gasteiger partial charge >= 0.3 is 0 Å². The van der Waals surface area contributed by atoms with Gasteiger partial charge in [0.1, 0.15) is 0 Å². The van der Waals surface area contributed by atoms with Crippen molar-refractivity contribution in [2.75, 3.05) is 0 Å². The number of carbonyl (C=O) groups is 1. The zero-order valence-electron chi connectivity index (χ0n) is 17.4. The Kier molecular flexibility index (Phi) is 5.53. The van der Waals surface area contributed by atoms with Gasteiger partial charge < -0.3 is 10.3 Å². The van der Waals surface area contributed by atoms with Crippen LogP contribution in [0, 0.1) is 13.8 Å². The fraction of sp³-hybridized carbons (Fsp3) is 0.148. The smallest absolute Gasteiger partial charge is 0.250 e. The molecule has 0 aliphatic heterocycles. The molecule has 4 rings (SSSR count). The second-order valence-corrected chi connectivity index (χ2v) is 7.74. The highest BCUT2D eigenvalue weighted by Crippen LogP contribution is 2.32. The molecule has 0 radical (unpaired) electrons. The van der Waals surface area contributed by atoms with Crippen molar-refractivity contribution in [2.45, 2.75) is 26.3 Å². The number of nitrogens with two attached hydrogens (primary N) is 1. The van der Waals surface area contributed by atoms with Gasteiger partial charge in [0.15, 0.2) is 0 Å². The summed E-state index contributed by atoms with van der Waals surface area (Å²) in [6, 6.07) is 31.3. The molecule has 2 N–H and O–H groups in total. The zero-order chi connectivity index (χ0) is 21.1. The summed E-state index contributed by atoms with van der Waals surface area (Å²) in [4.78, 5) is 12.1. The molecule has 0 aliphatic carbocycles. The molecule has 4 aromatic rings. The van der Waals surface area contributed by atoms with E-state index >= 15 is 0 Å². The molecule has 0 bridgehead atoms. The van der Waals surface area contributed by atoms with Crippen LogP contribution in [0.5, 0.6) is 0 Å². The Morgan fingerprint density at radius 2 is 1.37 bits per heavy atom. The molecule has 1 heterocycles. The normalized spacial score (nSPS) is 11.0. The van der Waals surface area contributed by atoms with Crippen LogP contribution in [0.3, 0.4) is 0 Å². The summed E-state index contributed by atoms with van der Waals surface area (Å²) >= 11 is 0. The molecule has 0 unspecified atom stereocenters. The van der Waals surface area contributed by atoms with Crippen molar-refractivity contribution in [3.05, 3.63) is 119 Å². The number of carbonyl (C=O) groups excluding carboxylic acids is 1. The van der Waals surface area contributed by atoms with Crippen LogP contribution in [-0.2, 0) is 6.54 Å². The number of primary amides is 1. The molecule has 0 saturated heterocycles. The van der Waals surface area contributed by atoms with E-state index in [1.807, 2.05) is 25.1 Å². The fourth-order valence-corrected chi connectivity index (χ4v) is 4.05. The molecule has 0 spiro atoms. The summed E-state index contributed by atoms with van der Waals surface area (Å²) in [6.45, 7) is 4.77. The molecule has 0 fully saturated rings. The Hall–Kier alpha value is -3.59. The lowest BCUT2D eigenvalue weighted by Crippen LogP contribution is -2.15. The molecular weight excluding hydrogens is 368 g/mol. The molecule has 1 amide bonds. The van der Waals surface area contributed by atoms with Gasteiger partial charge in [-0.2, -0.15) is 0 Å². The predicted molar refractivity (Wildman–Crippen MR) is 123 cm³/mol. The third-order valence-corrected chi connectivity index (χ3v) is 5.75. The second-order valence-electron chi connectivity index (χ2n) is 7.74. The number of aryl methyl sites for hydroxylation is 1. The Morgan fingerprint density at radius 3 is 1.87 bits per heavy atom. The first-order valence-electron chi connectivity index (χ1n) is 10.2. The molecular formula is C27H26N2O. The van der Waals surface area contributed by atoms with Crippen molar-refractivity contribution >= 4 is 5.91 Å². The van der Waals surface area contributed by atoms with E-state index in [-0.39, 0.29) is 5.92 Å². The number of rotatable bonds is 6. The first kappa shape index (κ1) is 19.7. The van der Waals surface area contributed by atoms with Crippen LogP contribution in [0.25, 0.3) is 11.3 Å². The molecule has 150 valence electrons. The molecule has 0 saturated carbocycles. The van der Waals surface area contributed by atoms with E-state index in [0.29, 0.717) is 5.56 Å². The first-order chi connectivity index (χ1) is 14.5. The number of hydrogen-bond acceptors (Lipinski definition) is 1. The summed E-state index contributed by atoms with van der Waals surface area (Å²) in [7, 11) is 0. The maximum absolute atomic E-state index is 12.1. The largest absolute Gasteiger partial charge is 0.366 e. The molecule has 3 nitrogen and oxygen atoms in total. The molecule has 3 aromatic carbocycles. The highest BCUT2D eigenvalue weighted by atomic mass is 16.1.